The van der Waals surface area contributed by atoms with Gasteiger partial charge in [-0.3, -0.25) is 0 Å². The minimum Gasteiger partial charge on any atom is -0.624 e. The van der Waals surface area contributed by atoms with Crippen molar-refractivity contribution in [2.24, 2.45) is 0 Å². The molecule has 0 amide bonds. The molecular weight excluding hydrogens is 234 g/mol. The Hall–Kier alpha value is -1.31. The fourth-order valence-electron chi connectivity index (χ4n) is 3.58. The molecule has 1 aromatic rings. The lowest BCUT2D eigenvalue weighted by molar-refractivity contribution is -0.502. The van der Waals surface area contributed by atoms with Crippen LogP contribution in [0.3, 0.4) is 0 Å². The summed E-state index contributed by atoms with van der Waals surface area (Å²) in [5, 5.41) is 12.3. The first kappa shape index (κ1) is 12.7. The van der Waals surface area contributed by atoms with Crippen molar-refractivity contribution in [3.05, 3.63) is 40.6 Å². The molecule has 0 radical (unpaired) electrons. The van der Waals surface area contributed by atoms with Crippen molar-refractivity contribution in [2.75, 3.05) is 0 Å². The molecule has 3 rings (SSSR count). The summed E-state index contributed by atoms with van der Waals surface area (Å²) in [6.07, 6.45) is 11.4. The number of hydrogen-bond acceptors (Lipinski definition) is 1. The van der Waals surface area contributed by atoms with Crippen LogP contribution in [0.1, 0.15) is 62.0 Å². The minimum absolute atomic E-state index is 0.239. The van der Waals surface area contributed by atoms with Crippen LogP contribution < -0.4 is 0 Å². The van der Waals surface area contributed by atoms with Crippen LogP contribution in [0.25, 0.3) is 0 Å². The predicted molar refractivity (Wildman–Crippen MR) is 78.7 cm³/mol. The molecule has 2 aliphatic carbocycles. The van der Waals surface area contributed by atoms with E-state index in [4.69, 9.17) is 0 Å². The Kier molecular flexibility index (Phi) is 3.86. The molecule has 0 spiro atoms. The lowest BCUT2D eigenvalue weighted by atomic mass is 9.83. The van der Waals surface area contributed by atoms with E-state index in [1.54, 1.807) is 0 Å². The average Bonchev–Trinajstić information content (AvgIpc) is 2.48. The zero-order chi connectivity index (χ0) is 13.1. The molecule has 2 heteroatoms. The van der Waals surface area contributed by atoms with Crippen molar-refractivity contribution < 1.29 is 4.74 Å². The number of benzene rings is 1. The Morgan fingerprint density at radius 3 is 2.63 bits per heavy atom. The van der Waals surface area contributed by atoms with Crippen molar-refractivity contribution in [1.82, 2.24) is 0 Å². The Labute approximate surface area is 115 Å². The van der Waals surface area contributed by atoms with E-state index < -0.39 is 0 Å². The Bertz CT molecular complexity index is 460. The van der Waals surface area contributed by atoms with Crippen LogP contribution in [0.5, 0.6) is 0 Å². The fraction of sp³-hybridized carbons (Fsp3) is 0.588. The lowest BCUT2D eigenvalue weighted by Gasteiger charge is -2.25. The summed E-state index contributed by atoms with van der Waals surface area (Å²) < 4.78 is 1.28. The molecular formula is C17H23NO. The van der Waals surface area contributed by atoms with Gasteiger partial charge in [0.15, 0.2) is 12.3 Å². The van der Waals surface area contributed by atoms with Gasteiger partial charge in [-0.1, -0.05) is 30.7 Å². The SMILES string of the molecule is [O-]/[N+](=C\C1CCCc2ccccc21)C1CCCCC1. The largest absolute Gasteiger partial charge is 0.624 e. The van der Waals surface area contributed by atoms with Gasteiger partial charge in [-0.25, -0.2) is 4.74 Å². The van der Waals surface area contributed by atoms with Gasteiger partial charge in [-0.15, -0.1) is 0 Å². The summed E-state index contributed by atoms with van der Waals surface area (Å²) in [4.78, 5) is 0. The van der Waals surface area contributed by atoms with Gasteiger partial charge in [0.2, 0.25) is 0 Å². The summed E-state index contributed by atoms with van der Waals surface area (Å²) in [6.45, 7) is 0. The molecule has 2 aliphatic rings. The molecule has 1 unspecified atom stereocenters. The van der Waals surface area contributed by atoms with Crippen molar-refractivity contribution in [2.45, 2.75) is 63.3 Å². The smallest absolute Gasteiger partial charge is 0.162 e. The third-order valence-corrected chi connectivity index (χ3v) is 4.68. The van der Waals surface area contributed by atoms with Crippen LogP contribution in [0.15, 0.2) is 24.3 Å². The zero-order valence-corrected chi connectivity index (χ0v) is 11.6. The van der Waals surface area contributed by atoms with Gasteiger partial charge >= 0.3 is 0 Å². The second-order valence-electron chi connectivity index (χ2n) is 6.00. The number of aryl methyl sites for hydroxylation is 1. The fourth-order valence-corrected chi connectivity index (χ4v) is 3.58. The van der Waals surface area contributed by atoms with E-state index in [-0.39, 0.29) is 6.04 Å². The summed E-state index contributed by atoms with van der Waals surface area (Å²) in [5.74, 6) is 0.337. The first-order chi connectivity index (χ1) is 9.34. The molecule has 0 N–H and O–H groups in total. The highest BCUT2D eigenvalue weighted by molar-refractivity contribution is 5.65. The number of hydroxylamine groups is 1. The molecule has 1 fully saturated rings. The molecule has 1 aromatic carbocycles. The molecule has 1 atom stereocenters. The maximum Gasteiger partial charge on any atom is 0.162 e. The molecule has 0 aliphatic heterocycles. The molecule has 102 valence electrons. The van der Waals surface area contributed by atoms with Gasteiger partial charge in [-0.05, 0) is 43.2 Å². The molecule has 19 heavy (non-hydrogen) atoms. The Balaban J connectivity index is 1.79. The molecule has 0 bridgehead atoms. The Morgan fingerprint density at radius 2 is 1.79 bits per heavy atom. The second kappa shape index (κ2) is 5.77. The van der Waals surface area contributed by atoms with E-state index >= 15 is 0 Å². The van der Waals surface area contributed by atoms with E-state index in [9.17, 15) is 5.21 Å². The minimum atomic E-state index is 0.239. The average molecular weight is 257 g/mol. The predicted octanol–water partition coefficient (Wildman–Crippen LogP) is 4.02. The first-order valence-corrected chi connectivity index (χ1v) is 7.73. The van der Waals surface area contributed by atoms with Crippen LogP contribution >= 0.6 is 0 Å². The highest BCUT2D eigenvalue weighted by Gasteiger charge is 2.24. The van der Waals surface area contributed by atoms with E-state index in [2.05, 4.69) is 24.3 Å². The van der Waals surface area contributed by atoms with Crippen LogP contribution in [-0.2, 0) is 6.42 Å². The standard InChI is InChI=1S/C17H23NO/c19-18(16-10-2-1-3-11-16)13-15-9-6-8-14-7-4-5-12-17(14)15/h4-5,7,12-13,15-16H,1-3,6,8-11H2/b18-13-. The van der Waals surface area contributed by atoms with Crippen molar-refractivity contribution in [3.8, 4) is 0 Å². The van der Waals surface area contributed by atoms with E-state index in [1.165, 1.54) is 48.0 Å². The molecule has 2 nitrogen and oxygen atoms in total. The lowest BCUT2D eigenvalue weighted by Crippen LogP contribution is -2.27. The van der Waals surface area contributed by atoms with Gasteiger partial charge in [-0.2, -0.15) is 0 Å². The quantitative estimate of drug-likeness (QED) is 0.340. The van der Waals surface area contributed by atoms with Gasteiger partial charge in [0, 0.05) is 12.8 Å². The van der Waals surface area contributed by atoms with E-state index in [0.29, 0.717) is 5.92 Å². The topological polar surface area (TPSA) is 26.1 Å². The van der Waals surface area contributed by atoms with E-state index in [0.717, 1.165) is 19.3 Å². The van der Waals surface area contributed by atoms with Crippen LogP contribution in [0.4, 0.5) is 0 Å². The van der Waals surface area contributed by atoms with Crippen molar-refractivity contribution in [3.63, 3.8) is 0 Å². The Morgan fingerprint density at radius 1 is 1.00 bits per heavy atom. The van der Waals surface area contributed by atoms with Gasteiger partial charge in [0.1, 0.15) is 0 Å². The summed E-state index contributed by atoms with van der Waals surface area (Å²) in [7, 11) is 0. The summed E-state index contributed by atoms with van der Waals surface area (Å²) in [6, 6.07) is 8.86. The number of hydrogen-bond donors (Lipinski definition) is 0. The van der Waals surface area contributed by atoms with E-state index in [1.807, 2.05) is 6.21 Å². The van der Waals surface area contributed by atoms with Gasteiger partial charge < -0.3 is 5.21 Å². The summed E-state index contributed by atoms with van der Waals surface area (Å²) >= 11 is 0. The second-order valence-corrected chi connectivity index (χ2v) is 6.00. The number of rotatable bonds is 2. The normalized spacial score (nSPS) is 25.1. The highest BCUT2D eigenvalue weighted by Crippen LogP contribution is 2.30. The molecule has 0 aromatic heterocycles. The maximum absolute atomic E-state index is 12.3. The third-order valence-electron chi connectivity index (χ3n) is 4.68. The van der Waals surface area contributed by atoms with Crippen molar-refractivity contribution >= 4 is 6.21 Å². The summed E-state index contributed by atoms with van der Waals surface area (Å²) in [5.41, 5.74) is 2.82. The van der Waals surface area contributed by atoms with Crippen molar-refractivity contribution in [1.29, 1.82) is 0 Å². The monoisotopic (exact) mass is 257 g/mol. The third kappa shape index (κ3) is 2.83. The van der Waals surface area contributed by atoms with Crippen LogP contribution in [-0.4, -0.2) is 17.0 Å². The van der Waals surface area contributed by atoms with Crippen LogP contribution in [0, 0.1) is 5.21 Å². The molecule has 0 saturated heterocycles. The van der Waals surface area contributed by atoms with Gasteiger partial charge in [0.05, 0.1) is 5.92 Å². The number of nitrogens with zero attached hydrogens (tertiary/aromatic N) is 1. The first-order valence-electron chi connectivity index (χ1n) is 7.73. The highest BCUT2D eigenvalue weighted by atomic mass is 16.5. The van der Waals surface area contributed by atoms with Crippen LogP contribution in [0.2, 0.25) is 0 Å². The molecule has 0 heterocycles. The zero-order valence-electron chi connectivity index (χ0n) is 11.6. The van der Waals surface area contributed by atoms with Gasteiger partial charge in [0.25, 0.3) is 0 Å². The number of fused-ring (bicyclic) bond motifs is 1. The maximum atomic E-state index is 12.3. The molecule has 1 saturated carbocycles.